The summed E-state index contributed by atoms with van der Waals surface area (Å²) in [6, 6.07) is -0.00579. The van der Waals surface area contributed by atoms with Crippen molar-refractivity contribution in [1.29, 1.82) is 0 Å². The van der Waals surface area contributed by atoms with Gasteiger partial charge in [0, 0.05) is 0 Å². The second-order valence-electron chi connectivity index (χ2n) is 2.46. The number of aromatic nitrogens is 2. The van der Waals surface area contributed by atoms with Crippen molar-refractivity contribution >= 4 is 5.97 Å². The van der Waals surface area contributed by atoms with Crippen molar-refractivity contribution in [1.82, 2.24) is 4.98 Å². The van der Waals surface area contributed by atoms with Crippen LogP contribution in [0, 0.1) is 0 Å². The number of aromatic amines is 1. The van der Waals surface area contributed by atoms with Crippen LogP contribution in [0.5, 0.6) is 6.01 Å². The maximum Gasteiger partial charge on any atom is 0.451 e. The highest BCUT2D eigenvalue weighted by Crippen LogP contribution is 2.00. The minimum atomic E-state index is -0.917. The summed E-state index contributed by atoms with van der Waals surface area (Å²) in [5, 5.41) is 17.6. The molecule has 0 unspecified atom stereocenters. The highest BCUT2D eigenvalue weighted by molar-refractivity contribution is 5.69. The zero-order valence-electron chi connectivity index (χ0n) is 6.74. The lowest BCUT2D eigenvalue weighted by Gasteiger charge is -1.84. The van der Waals surface area contributed by atoms with Crippen molar-refractivity contribution in [2.45, 2.75) is 19.9 Å². The molecule has 0 aliphatic rings. The summed E-state index contributed by atoms with van der Waals surface area (Å²) in [6.07, 6.45) is 1.49. The van der Waals surface area contributed by atoms with E-state index in [2.05, 4.69) is 4.98 Å². The van der Waals surface area contributed by atoms with Gasteiger partial charge in [0.05, 0.1) is 6.54 Å². The van der Waals surface area contributed by atoms with E-state index in [1.807, 2.05) is 6.92 Å². The Morgan fingerprint density at radius 3 is 2.83 bits per heavy atom. The molecule has 0 atom stereocenters. The number of hydrogen-bond acceptors (Lipinski definition) is 2. The number of carboxylic acids is 1. The van der Waals surface area contributed by atoms with Gasteiger partial charge in [-0.05, 0) is 6.92 Å². The topological polar surface area (TPSA) is 77.2 Å². The molecule has 0 aromatic carbocycles. The Balaban J connectivity index is 2.82. The normalized spacial score (nSPS) is 10.1. The number of rotatable bonds is 3. The molecule has 3 N–H and O–H groups in total. The van der Waals surface area contributed by atoms with Crippen LogP contribution in [0.4, 0.5) is 0 Å². The lowest BCUT2D eigenvalue weighted by atomic mass is 10.3. The number of aryl methyl sites for hydroxylation is 1. The molecule has 66 valence electrons. The first-order chi connectivity index (χ1) is 5.63. The number of H-pyrrole nitrogens is 1. The predicted octanol–water partition coefficient (Wildman–Crippen LogP) is -0.345. The fourth-order valence-corrected chi connectivity index (χ4v) is 0.991. The van der Waals surface area contributed by atoms with Gasteiger partial charge in [0.2, 0.25) is 0 Å². The molecule has 12 heavy (non-hydrogen) atoms. The number of aromatic hydroxyl groups is 1. The van der Waals surface area contributed by atoms with Crippen molar-refractivity contribution in [3.05, 3.63) is 11.9 Å². The van der Waals surface area contributed by atoms with Gasteiger partial charge in [-0.1, -0.05) is 0 Å². The van der Waals surface area contributed by atoms with Gasteiger partial charge in [-0.15, -0.1) is 0 Å². The van der Waals surface area contributed by atoms with Crippen LogP contribution in [-0.4, -0.2) is 21.2 Å². The highest BCUT2D eigenvalue weighted by Gasteiger charge is 2.14. The predicted molar refractivity (Wildman–Crippen MR) is 39.7 cm³/mol. The Bertz CT molecular complexity index is 293. The van der Waals surface area contributed by atoms with Crippen LogP contribution in [0.25, 0.3) is 0 Å². The van der Waals surface area contributed by atoms with Gasteiger partial charge < -0.3 is 10.2 Å². The largest absolute Gasteiger partial charge is 0.481 e. The van der Waals surface area contributed by atoms with Crippen LogP contribution in [0.1, 0.15) is 12.6 Å². The second kappa shape index (κ2) is 3.25. The first-order valence-corrected chi connectivity index (χ1v) is 3.65. The van der Waals surface area contributed by atoms with Gasteiger partial charge in [0.15, 0.2) is 5.69 Å². The molecule has 5 heteroatoms. The molecule has 5 nitrogen and oxygen atoms in total. The van der Waals surface area contributed by atoms with E-state index in [1.165, 1.54) is 4.57 Å². The quantitative estimate of drug-likeness (QED) is 0.544. The van der Waals surface area contributed by atoms with Crippen LogP contribution in [0.15, 0.2) is 6.20 Å². The number of nitrogens with zero attached hydrogens (tertiary/aromatic N) is 1. The van der Waals surface area contributed by atoms with Crippen molar-refractivity contribution in [2.75, 3.05) is 0 Å². The van der Waals surface area contributed by atoms with E-state index in [4.69, 9.17) is 10.2 Å². The van der Waals surface area contributed by atoms with Gasteiger partial charge in [-0.2, -0.15) is 4.57 Å². The lowest BCUT2D eigenvalue weighted by Crippen LogP contribution is -2.29. The van der Waals surface area contributed by atoms with Crippen LogP contribution >= 0.6 is 0 Å². The molecule has 0 amide bonds. The summed E-state index contributed by atoms with van der Waals surface area (Å²) in [5.41, 5.74) is 0.502. The summed E-state index contributed by atoms with van der Waals surface area (Å²) >= 11 is 0. The Labute approximate surface area is 69.3 Å². The van der Waals surface area contributed by atoms with E-state index >= 15 is 0 Å². The average Bonchev–Trinajstić information content (AvgIpc) is 2.29. The molecule has 1 rings (SSSR count). The van der Waals surface area contributed by atoms with E-state index in [0.717, 1.165) is 0 Å². The van der Waals surface area contributed by atoms with Gasteiger partial charge in [-0.25, -0.2) is 4.98 Å². The van der Waals surface area contributed by atoms with E-state index in [-0.39, 0.29) is 12.4 Å². The van der Waals surface area contributed by atoms with Crippen molar-refractivity contribution in [3.63, 3.8) is 0 Å². The fourth-order valence-electron chi connectivity index (χ4n) is 0.991. The molecular formula is C7H11N2O3+. The maximum atomic E-state index is 10.3. The van der Waals surface area contributed by atoms with E-state index < -0.39 is 5.97 Å². The third-order valence-corrected chi connectivity index (χ3v) is 1.54. The van der Waals surface area contributed by atoms with E-state index in [0.29, 0.717) is 12.2 Å². The highest BCUT2D eigenvalue weighted by atomic mass is 16.4. The molecule has 0 saturated carbocycles. The molecule has 0 spiro atoms. The van der Waals surface area contributed by atoms with Crippen molar-refractivity contribution < 1.29 is 19.6 Å². The third kappa shape index (κ3) is 1.75. The van der Waals surface area contributed by atoms with Crippen molar-refractivity contribution in [2.24, 2.45) is 0 Å². The SMILES string of the molecule is CC[n+]1cc(CC(=O)O)[nH]c1O. The average molecular weight is 171 g/mol. The molecule has 0 bridgehead atoms. The number of carbonyl (C=O) groups is 1. The van der Waals surface area contributed by atoms with E-state index in [9.17, 15) is 4.79 Å². The van der Waals surface area contributed by atoms with Gasteiger partial charge in [0.25, 0.3) is 0 Å². The minimum Gasteiger partial charge on any atom is -0.481 e. The molecule has 0 radical (unpaired) electrons. The number of carboxylic acid groups (broad SMARTS) is 1. The Kier molecular flexibility index (Phi) is 2.32. The lowest BCUT2D eigenvalue weighted by molar-refractivity contribution is -0.698. The molecule has 0 fully saturated rings. The minimum absolute atomic E-state index is 0.00579. The monoisotopic (exact) mass is 171 g/mol. The number of imidazole rings is 1. The fraction of sp³-hybridized carbons (Fsp3) is 0.429. The molecule has 1 aromatic heterocycles. The van der Waals surface area contributed by atoms with Crippen LogP contribution < -0.4 is 4.57 Å². The Morgan fingerprint density at radius 1 is 1.75 bits per heavy atom. The zero-order valence-corrected chi connectivity index (χ0v) is 6.74. The summed E-state index contributed by atoms with van der Waals surface area (Å²) in [5.74, 6) is -0.917. The van der Waals surface area contributed by atoms with Gasteiger partial charge in [0.1, 0.15) is 12.6 Å². The number of aliphatic carboxylic acids is 1. The van der Waals surface area contributed by atoms with Crippen LogP contribution in [0.2, 0.25) is 0 Å². The summed E-state index contributed by atoms with van der Waals surface area (Å²) in [6.45, 7) is 2.47. The van der Waals surface area contributed by atoms with Crippen LogP contribution in [0.3, 0.4) is 0 Å². The van der Waals surface area contributed by atoms with Crippen LogP contribution in [-0.2, 0) is 17.8 Å². The number of hydrogen-bond donors (Lipinski definition) is 3. The van der Waals surface area contributed by atoms with E-state index in [1.54, 1.807) is 6.20 Å². The Hall–Kier alpha value is -1.52. The van der Waals surface area contributed by atoms with Gasteiger partial charge in [-0.3, -0.25) is 4.79 Å². The molecule has 0 aliphatic heterocycles. The summed E-state index contributed by atoms with van der Waals surface area (Å²) < 4.78 is 1.54. The van der Waals surface area contributed by atoms with Crippen molar-refractivity contribution in [3.8, 4) is 6.01 Å². The molecular weight excluding hydrogens is 160 g/mol. The molecule has 0 aliphatic carbocycles. The molecule has 1 heterocycles. The third-order valence-electron chi connectivity index (χ3n) is 1.54. The first-order valence-electron chi connectivity index (χ1n) is 3.65. The smallest absolute Gasteiger partial charge is 0.451 e. The van der Waals surface area contributed by atoms with Gasteiger partial charge >= 0.3 is 12.0 Å². The zero-order chi connectivity index (χ0) is 9.14. The summed E-state index contributed by atoms with van der Waals surface area (Å²) in [7, 11) is 0. The molecule has 0 saturated heterocycles. The maximum absolute atomic E-state index is 10.3. The molecule has 1 aromatic rings. The first kappa shape index (κ1) is 8.58. The second-order valence-corrected chi connectivity index (χ2v) is 2.46. The summed E-state index contributed by atoms with van der Waals surface area (Å²) in [4.78, 5) is 12.8. The number of nitrogens with one attached hydrogen (secondary N) is 1. The standard InChI is InChI=1S/C7H10N2O3/c1-2-9-4-5(3-6(10)11)8-7(9)12/h4H,2-3H2,1H3,(H2,8,10,11,12)/p+1. The Morgan fingerprint density at radius 2 is 2.42 bits per heavy atom.